The molecule has 0 aliphatic rings. The molecule has 1 aromatic carbocycles. The Morgan fingerprint density at radius 3 is 2.29 bits per heavy atom. The number of aliphatic hydroxyl groups excluding tert-OH is 1. The molecule has 1 aromatic rings. The van der Waals surface area contributed by atoms with Crippen LogP contribution in [-0.2, 0) is 0 Å². The summed E-state index contributed by atoms with van der Waals surface area (Å²) >= 11 is 0. The number of nitrogens with zero attached hydrogens (tertiary/aromatic N) is 1. The van der Waals surface area contributed by atoms with Crippen LogP contribution >= 0.6 is 0 Å². The van der Waals surface area contributed by atoms with Crippen molar-refractivity contribution in [2.24, 2.45) is 5.73 Å². The Labute approximate surface area is 104 Å². The lowest BCUT2D eigenvalue weighted by molar-refractivity contribution is 0.285. The quantitative estimate of drug-likeness (QED) is 0.678. The molecule has 0 saturated heterocycles. The van der Waals surface area contributed by atoms with Crippen molar-refractivity contribution in [3.05, 3.63) is 29.8 Å². The van der Waals surface area contributed by atoms with E-state index in [-0.39, 0.29) is 6.61 Å². The second-order valence-corrected chi connectivity index (χ2v) is 4.40. The van der Waals surface area contributed by atoms with Crippen molar-refractivity contribution >= 4 is 5.69 Å². The highest BCUT2D eigenvalue weighted by molar-refractivity contribution is 5.47. The van der Waals surface area contributed by atoms with E-state index in [0.717, 1.165) is 38.9 Å². The monoisotopic (exact) mass is 236 g/mol. The van der Waals surface area contributed by atoms with E-state index in [0.29, 0.717) is 0 Å². The zero-order chi connectivity index (χ0) is 12.5. The van der Waals surface area contributed by atoms with Crippen molar-refractivity contribution in [1.82, 2.24) is 0 Å². The molecule has 0 radical (unpaired) electrons. The number of nitrogens with two attached hydrogens (primary N) is 1. The summed E-state index contributed by atoms with van der Waals surface area (Å²) in [7, 11) is 0. The van der Waals surface area contributed by atoms with E-state index in [1.165, 1.54) is 11.3 Å². The van der Waals surface area contributed by atoms with Gasteiger partial charge in [-0.25, -0.2) is 0 Å². The van der Waals surface area contributed by atoms with Gasteiger partial charge in [-0.1, -0.05) is 17.7 Å². The Kier molecular flexibility index (Phi) is 6.67. The maximum Gasteiger partial charge on any atom is 0.0431 e. The van der Waals surface area contributed by atoms with Crippen LogP contribution in [0.1, 0.15) is 24.8 Å². The molecule has 0 aromatic heterocycles. The van der Waals surface area contributed by atoms with E-state index in [2.05, 4.69) is 36.1 Å². The van der Waals surface area contributed by atoms with Gasteiger partial charge in [0, 0.05) is 25.4 Å². The van der Waals surface area contributed by atoms with Crippen LogP contribution in [0.15, 0.2) is 24.3 Å². The Morgan fingerprint density at radius 2 is 1.71 bits per heavy atom. The average molecular weight is 236 g/mol. The topological polar surface area (TPSA) is 49.5 Å². The molecule has 0 bridgehead atoms. The molecule has 0 atom stereocenters. The van der Waals surface area contributed by atoms with Gasteiger partial charge in [-0.15, -0.1) is 0 Å². The average Bonchev–Trinajstić information content (AvgIpc) is 2.35. The molecule has 0 unspecified atom stereocenters. The highest BCUT2D eigenvalue weighted by Gasteiger charge is 2.05. The number of benzene rings is 1. The lowest BCUT2D eigenvalue weighted by Crippen LogP contribution is -2.27. The summed E-state index contributed by atoms with van der Waals surface area (Å²) in [6, 6.07) is 8.59. The van der Waals surface area contributed by atoms with Crippen molar-refractivity contribution in [2.75, 3.05) is 31.1 Å². The molecule has 0 fully saturated rings. The van der Waals surface area contributed by atoms with Gasteiger partial charge >= 0.3 is 0 Å². The fourth-order valence-corrected chi connectivity index (χ4v) is 1.82. The van der Waals surface area contributed by atoms with Gasteiger partial charge in [-0.3, -0.25) is 0 Å². The summed E-state index contributed by atoms with van der Waals surface area (Å²) in [6.45, 7) is 5.08. The van der Waals surface area contributed by atoms with E-state index < -0.39 is 0 Å². The molecule has 0 heterocycles. The molecule has 0 spiro atoms. The Balaban J connectivity index is 2.57. The van der Waals surface area contributed by atoms with Crippen molar-refractivity contribution < 1.29 is 5.11 Å². The van der Waals surface area contributed by atoms with Gasteiger partial charge in [0.15, 0.2) is 0 Å². The van der Waals surface area contributed by atoms with Gasteiger partial charge in [0.2, 0.25) is 0 Å². The van der Waals surface area contributed by atoms with Gasteiger partial charge in [0.25, 0.3) is 0 Å². The van der Waals surface area contributed by atoms with Gasteiger partial charge < -0.3 is 15.7 Å². The van der Waals surface area contributed by atoms with Gasteiger partial charge in [-0.2, -0.15) is 0 Å². The predicted molar refractivity (Wildman–Crippen MR) is 73.4 cm³/mol. The second-order valence-electron chi connectivity index (χ2n) is 4.40. The molecule has 1 rings (SSSR count). The van der Waals surface area contributed by atoms with Crippen LogP contribution in [-0.4, -0.2) is 31.3 Å². The minimum absolute atomic E-state index is 0.276. The molecule has 0 amide bonds. The summed E-state index contributed by atoms with van der Waals surface area (Å²) < 4.78 is 0. The first-order valence-corrected chi connectivity index (χ1v) is 6.40. The molecule has 3 heteroatoms. The highest BCUT2D eigenvalue weighted by Crippen LogP contribution is 2.16. The normalized spacial score (nSPS) is 10.5. The van der Waals surface area contributed by atoms with Crippen LogP contribution in [0.2, 0.25) is 0 Å². The summed E-state index contributed by atoms with van der Waals surface area (Å²) in [5, 5.41) is 8.82. The van der Waals surface area contributed by atoms with Crippen LogP contribution < -0.4 is 10.6 Å². The number of hydrogen-bond donors (Lipinski definition) is 2. The first-order valence-electron chi connectivity index (χ1n) is 6.40. The van der Waals surface area contributed by atoms with E-state index in [9.17, 15) is 0 Å². The van der Waals surface area contributed by atoms with Crippen LogP contribution in [0.5, 0.6) is 0 Å². The van der Waals surface area contributed by atoms with Gasteiger partial charge in [0.05, 0.1) is 0 Å². The Hall–Kier alpha value is -1.06. The van der Waals surface area contributed by atoms with E-state index in [1.54, 1.807) is 0 Å². The van der Waals surface area contributed by atoms with Gasteiger partial charge in [0.1, 0.15) is 0 Å². The number of aliphatic hydroxyl groups is 1. The Bertz CT molecular complexity index is 298. The summed E-state index contributed by atoms with van der Waals surface area (Å²) in [5.74, 6) is 0. The molecule has 3 nitrogen and oxygen atoms in total. The lowest BCUT2D eigenvalue weighted by atomic mass is 10.2. The molecule has 96 valence electrons. The lowest BCUT2D eigenvalue weighted by Gasteiger charge is -2.24. The van der Waals surface area contributed by atoms with Crippen LogP contribution in [0.25, 0.3) is 0 Å². The van der Waals surface area contributed by atoms with Crippen molar-refractivity contribution in [1.29, 1.82) is 0 Å². The predicted octanol–water partition coefficient (Wildman–Crippen LogP) is 1.92. The minimum atomic E-state index is 0.276. The highest BCUT2D eigenvalue weighted by atomic mass is 16.2. The standard InChI is InChI=1S/C14H24N2O/c1-13-5-7-14(8-6-13)16(11-4-9-15)10-2-3-12-17/h5-8,17H,2-4,9-12,15H2,1H3. The zero-order valence-electron chi connectivity index (χ0n) is 10.7. The van der Waals surface area contributed by atoms with Crippen molar-refractivity contribution in [3.63, 3.8) is 0 Å². The zero-order valence-corrected chi connectivity index (χ0v) is 10.7. The van der Waals surface area contributed by atoms with Crippen molar-refractivity contribution in [3.8, 4) is 0 Å². The number of aryl methyl sites for hydroxylation is 1. The third-order valence-corrected chi connectivity index (χ3v) is 2.87. The summed E-state index contributed by atoms with van der Waals surface area (Å²) in [6.07, 6.45) is 2.90. The number of unbranched alkanes of at least 4 members (excludes halogenated alkanes) is 1. The third-order valence-electron chi connectivity index (χ3n) is 2.87. The van der Waals surface area contributed by atoms with E-state index >= 15 is 0 Å². The molecule has 0 aliphatic heterocycles. The van der Waals surface area contributed by atoms with Gasteiger partial charge in [-0.05, 0) is 44.9 Å². The molecular formula is C14H24N2O. The first-order chi connectivity index (χ1) is 8.27. The largest absolute Gasteiger partial charge is 0.396 e. The maximum absolute atomic E-state index is 8.82. The molecule has 3 N–H and O–H groups in total. The number of anilines is 1. The fraction of sp³-hybridized carbons (Fsp3) is 0.571. The molecule has 0 aliphatic carbocycles. The fourth-order valence-electron chi connectivity index (χ4n) is 1.82. The van der Waals surface area contributed by atoms with Crippen LogP contribution in [0.4, 0.5) is 5.69 Å². The smallest absolute Gasteiger partial charge is 0.0431 e. The van der Waals surface area contributed by atoms with Crippen LogP contribution in [0.3, 0.4) is 0 Å². The maximum atomic E-state index is 8.82. The molecule has 17 heavy (non-hydrogen) atoms. The molecule has 0 saturated carbocycles. The van der Waals surface area contributed by atoms with Crippen molar-refractivity contribution in [2.45, 2.75) is 26.2 Å². The van der Waals surface area contributed by atoms with E-state index in [1.807, 2.05) is 0 Å². The number of hydrogen-bond acceptors (Lipinski definition) is 3. The Morgan fingerprint density at radius 1 is 1.06 bits per heavy atom. The third kappa shape index (κ3) is 5.20. The SMILES string of the molecule is Cc1ccc(N(CCCN)CCCCO)cc1. The summed E-state index contributed by atoms with van der Waals surface area (Å²) in [5.41, 5.74) is 8.10. The first kappa shape index (κ1) is 14.0. The minimum Gasteiger partial charge on any atom is -0.396 e. The number of rotatable bonds is 8. The summed E-state index contributed by atoms with van der Waals surface area (Å²) in [4.78, 5) is 2.35. The molecular weight excluding hydrogens is 212 g/mol. The van der Waals surface area contributed by atoms with E-state index in [4.69, 9.17) is 10.8 Å². The second kappa shape index (κ2) is 8.09. The van der Waals surface area contributed by atoms with Crippen LogP contribution in [0, 0.1) is 6.92 Å².